The zero-order valence-electron chi connectivity index (χ0n) is 20.4. The van der Waals surface area contributed by atoms with Crippen LogP contribution in [0.1, 0.15) is 36.0 Å². The second-order valence-electron chi connectivity index (χ2n) is 8.75. The molecule has 10 nitrogen and oxygen atoms in total. The lowest BCUT2D eigenvalue weighted by Crippen LogP contribution is -2.30. The van der Waals surface area contributed by atoms with Crippen molar-refractivity contribution >= 4 is 23.5 Å². The average Bonchev–Trinajstić information content (AvgIpc) is 3.19. The number of fused-ring (bicyclic) bond motifs is 1. The second kappa shape index (κ2) is 10.5. The van der Waals surface area contributed by atoms with E-state index < -0.39 is 23.1 Å². The van der Waals surface area contributed by atoms with Gasteiger partial charge in [-0.25, -0.2) is 14.4 Å². The predicted molar refractivity (Wildman–Crippen MR) is 137 cm³/mol. The fraction of sp³-hybridized carbons (Fsp3) is 0.222. The number of rotatable bonds is 8. The third kappa shape index (κ3) is 5.43. The van der Waals surface area contributed by atoms with E-state index in [9.17, 15) is 24.3 Å². The molecule has 37 heavy (non-hydrogen) atoms. The summed E-state index contributed by atoms with van der Waals surface area (Å²) in [5.41, 5.74) is 1.65. The molecule has 10 heteroatoms. The summed E-state index contributed by atoms with van der Waals surface area (Å²) in [6.07, 6.45) is 1.39. The van der Waals surface area contributed by atoms with Gasteiger partial charge in [0.25, 0.3) is 5.56 Å². The number of aryl methyl sites for hydroxylation is 2. The fourth-order valence-corrected chi connectivity index (χ4v) is 4.26. The topological polar surface area (TPSA) is 154 Å². The van der Waals surface area contributed by atoms with Gasteiger partial charge in [-0.2, -0.15) is 0 Å². The molecule has 0 saturated carbocycles. The monoisotopic (exact) mass is 502 g/mol. The number of aliphatic carboxylic acids is 1. The van der Waals surface area contributed by atoms with Crippen molar-refractivity contribution in [2.45, 2.75) is 33.1 Å². The van der Waals surface area contributed by atoms with Crippen molar-refractivity contribution in [2.75, 3.05) is 6.54 Å². The lowest BCUT2D eigenvalue weighted by Gasteiger charge is -2.13. The predicted octanol–water partition coefficient (Wildman–Crippen LogP) is 1.04. The van der Waals surface area contributed by atoms with E-state index >= 15 is 0 Å². The third-order valence-electron chi connectivity index (χ3n) is 6.04. The summed E-state index contributed by atoms with van der Waals surface area (Å²) in [5, 5.41) is 24.0. The van der Waals surface area contributed by atoms with Crippen LogP contribution < -0.4 is 27.1 Å². The van der Waals surface area contributed by atoms with Crippen molar-refractivity contribution in [2.24, 2.45) is 4.99 Å². The highest BCUT2D eigenvalue weighted by molar-refractivity contribution is 5.81. The first-order valence-electron chi connectivity index (χ1n) is 11.7. The fourth-order valence-electron chi connectivity index (χ4n) is 4.26. The highest BCUT2D eigenvalue weighted by Crippen LogP contribution is 2.25. The van der Waals surface area contributed by atoms with Gasteiger partial charge in [-0.15, -0.1) is 0 Å². The summed E-state index contributed by atoms with van der Waals surface area (Å²) in [6, 6.07) is 12.7. The van der Waals surface area contributed by atoms with E-state index in [0.29, 0.717) is 23.2 Å². The number of aromatic hydroxyl groups is 1. The lowest BCUT2D eigenvalue weighted by atomic mass is 10.1. The number of H-pyrrole nitrogens is 1. The van der Waals surface area contributed by atoms with Crippen molar-refractivity contribution < 1.29 is 19.8 Å². The standard InChI is InChI=1S/C27H26N4O6/c1-15-7-8-22(16(2)13-15)31-26(36)19(25(35)30-27(31)37)14-21-18(17-5-3-4-6-20(17)29-21)11-12-28-23(32)9-10-24(33)34/h3-8,13-14,36H,9-12H2,1-2H3,(H,28,32)(H,33,34)(H,30,35,37). The number of benzene rings is 2. The summed E-state index contributed by atoms with van der Waals surface area (Å²) in [7, 11) is 0. The molecule has 190 valence electrons. The minimum absolute atomic E-state index is 0.127. The maximum Gasteiger partial charge on any atom is 0.335 e. The molecule has 2 heterocycles. The van der Waals surface area contributed by atoms with Crippen LogP contribution in [0.4, 0.5) is 0 Å². The molecule has 0 radical (unpaired) electrons. The molecule has 4 rings (SSSR count). The van der Waals surface area contributed by atoms with E-state index in [1.165, 1.54) is 6.08 Å². The lowest BCUT2D eigenvalue weighted by molar-refractivity contribution is -0.138. The van der Waals surface area contributed by atoms with Crippen LogP contribution in [0.15, 0.2) is 62.7 Å². The van der Waals surface area contributed by atoms with E-state index in [4.69, 9.17) is 5.11 Å². The molecule has 0 spiro atoms. The number of allylic oxidation sites excluding steroid dienone is 1. The molecule has 2 aromatic carbocycles. The van der Waals surface area contributed by atoms with Gasteiger partial charge in [-0.05, 0) is 49.6 Å². The molecule has 0 unspecified atom stereocenters. The van der Waals surface area contributed by atoms with Gasteiger partial charge in [0.15, 0.2) is 0 Å². The van der Waals surface area contributed by atoms with Crippen LogP contribution in [0.3, 0.4) is 0 Å². The molecule has 1 aliphatic rings. The van der Waals surface area contributed by atoms with Crippen molar-refractivity contribution in [3.8, 4) is 11.6 Å². The Hall–Kier alpha value is -4.73. The van der Waals surface area contributed by atoms with Crippen molar-refractivity contribution in [3.05, 3.63) is 96.3 Å². The van der Waals surface area contributed by atoms with E-state index in [1.54, 1.807) is 19.1 Å². The molecule has 0 bridgehead atoms. The Morgan fingerprint density at radius 3 is 2.59 bits per heavy atom. The normalized spacial score (nSPS) is 13.4. The maximum absolute atomic E-state index is 12.8. The average molecular weight is 503 g/mol. The number of hydrogen-bond donors (Lipinski definition) is 4. The number of nitrogens with zero attached hydrogens (tertiary/aromatic N) is 2. The first kappa shape index (κ1) is 25.4. The second-order valence-corrected chi connectivity index (χ2v) is 8.75. The minimum atomic E-state index is -1.05. The van der Waals surface area contributed by atoms with Gasteiger partial charge in [0.2, 0.25) is 11.8 Å². The van der Waals surface area contributed by atoms with Gasteiger partial charge >= 0.3 is 11.7 Å². The highest BCUT2D eigenvalue weighted by Gasteiger charge is 2.19. The van der Waals surface area contributed by atoms with Gasteiger partial charge in [0.1, 0.15) is 5.56 Å². The van der Waals surface area contributed by atoms with Crippen LogP contribution in [0.5, 0.6) is 5.88 Å². The van der Waals surface area contributed by atoms with Gasteiger partial charge in [-0.1, -0.05) is 35.9 Å². The largest absolute Gasteiger partial charge is 0.494 e. The Morgan fingerprint density at radius 2 is 1.86 bits per heavy atom. The number of carboxylic acid groups (broad SMARTS) is 1. The number of hydrogen-bond acceptors (Lipinski definition) is 6. The Balaban J connectivity index is 1.74. The van der Waals surface area contributed by atoms with Crippen molar-refractivity contribution in [1.82, 2.24) is 14.9 Å². The van der Waals surface area contributed by atoms with Gasteiger partial charge in [0.05, 0.1) is 23.2 Å². The van der Waals surface area contributed by atoms with Gasteiger partial charge in [-0.3, -0.25) is 19.4 Å². The summed E-state index contributed by atoms with van der Waals surface area (Å²) < 4.78 is 1.05. The van der Waals surface area contributed by atoms with Crippen LogP contribution in [-0.4, -0.2) is 38.2 Å². The zero-order valence-corrected chi connectivity index (χ0v) is 20.4. The van der Waals surface area contributed by atoms with Crippen LogP contribution in [-0.2, 0) is 9.59 Å². The molecule has 3 aromatic rings. The summed E-state index contributed by atoms with van der Waals surface area (Å²) in [5.74, 6) is -1.95. The number of para-hydroxylation sites is 1. The van der Waals surface area contributed by atoms with Crippen LogP contribution in [0.2, 0.25) is 0 Å². The molecule has 0 saturated heterocycles. The Bertz CT molecular complexity index is 1680. The maximum atomic E-state index is 12.8. The minimum Gasteiger partial charge on any atom is -0.494 e. The van der Waals surface area contributed by atoms with Gasteiger partial charge in [0, 0.05) is 18.2 Å². The number of carboxylic acids is 1. The van der Waals surface area contributed by atoms with E-state index in [2.05, 4.69) is 15.3 Å². The van der Waals surface area contributed by atoms with Crippen LogP contribution >= 0.6 is 0 Å². The first-order chi connectivity index (χ1) is 17.7. The number of aromatic amines is 1. The summed E-state index contributed by atoms with van der Waals surface area (Å²) in [6.45, 7) is 3.93. The molecule has 1 amide bonds. The Labute approximate surface area is 211 Å². The quantitative estimate of drug-likeness (QED) is 0.361. The number of nitrogens with one attached hydrogen (secondary N) is 2. The molecule has 4 N–H and O–H groups in total. The van der Waals surface area contributed by atoms with Crippen LogP contribution in [0, 0.1) is 13.8 Å². The van der Waals surface area contributed by atoms with Crippen LogP contribution in [0.25, 0.3) is 17.3 Å². The SMILES string of the molecule is Cc1ccc(-n2c(O)c(C=C3N=c4ccccc4=C3CCNC(=O)CCC(=O)O)c(=O)[nH]c2=O)c(C)c1. The molecule has 0 fully saturated rings. The number of carbonyl (C=O) groups excluding carboxylic acids is 1. The first-order valence-corrected chi connectivity index (χ1v) is 11.7. The molecule has 0 aliphatic carbocycles. The number of carbonyl (C=O) groups is 2. The van der Waals surface area contributed by atoms with Crippen molar-refractivity contribution in [3.63, 3.8) is 0 Å². The van der Waals surface area contributed by atoms with E-state index in [-0.39, 0.29) is 30.9 Å². The van der Waals surface area contributed by atoms with Crippen molar-refractivity contribution in [1.29, 1.82) is 0 Å². The number of aromatic nitrogens is 2. The molecular weight excluding hydrogens is 476 g/mol. The smallest absolute Gasteiger partial charge is 0.335 e. The third-order valence-corrected chi connectivity index (χ3v) is 6.04. The summed E-state index contributed by atoms with van der Waals surface area (Å²) >= 11 is 0. The van der Waals surface area contributed by atoms with E-state index in [0.717, 1.165) is 26.5 Å². The number of amides is 1. The molecule has 1 aromatic heterocycles. The molecular formula is C27H26N4O6. The molecule has 0 atom stereocenters. The zero-order chi connectivity index (χ0) is 26.7. The Kier molecular flexibility index (Phi) is 7.19. The Morgan fingerprint density at radius 1 is 1.11 bits per heavy atom. The van der Waals surface area contributed by atoms with E-state index in [1.807, 2.05) is 37.3 Å². The summed E-state index contributed by atoms with van der Waals surface area (Å²) in [4.78, 5) is 54.9. The molecule has 1 aliphatic heterocycles. The highest BCUT2D eigenvalue weighted by atomic mass is 16.4. The van der Waals surface area contributed by atoms with Gasteiger partial charge < -0.3 is 15.5 Å².